The summed E-state index contributed by atoms with van der Waals surface area (Å²) >= 11 is 0. The van der Waals surface area contributed by atoms with E-state index in [0.29, 0.717) is 11.3 Å². The van der Waals surface area contributed by atoms with Gasteiger partial charge in [-0.1, -0.05) is 0 Å². The predicted octanol–water partition coefficient (Wildman–Crippen LogP) is 2.33. The molecule has 1 aromatic rings. The van der Waals surface area contributed by atoms with Gasteiger partial charge in [-0.05, 0) is 52.0 Å². The summed E-state index contributed by atoms with van der Waals surface area (Å²) in [5, 5.41) is 2.90. The van der Waals surface area contributed by atoms with Gasteiger partial charge in [-0.15, -0.1) is 0 Å². The molecule has 1 fully saturated rings. The molecule has 5 heteroatoms. The summed E-state index contributed by atoms with van der Waals surface area (Å²) in [6, 6.07) is 6.74. The first-order valence-corrected chi connectivity index (χ1v) is 7.68. The van der Waals surface area contributed by atoms with Gasteiger partial charge < -0.3 is 10.1 Å². The number of hydrogen-bond acceptors (Lipinski definition) is 4. The second kappa shape index (κ2) is 7.03. The third-order valence-electron chi connectivity index (χ3n) is 3.93. The maximum Gasteiger partial charge on any atom is 0.241 e. The second-order valence-electron chi connectivity index (χ2n) is 6.01. The fraction of sp³-hybridized carbons (Fsp3) is 0.529. The summed E-state index contributed by atoms with van der Waals surface area (Å²) < 4.78 is 5.69. The summed E-state index contributed by atoms with van der Waals surface area (Å²) in [4.78, 5) is 25.8. The minimum absolute atomic E-state index is 0.0162. The molecule has 1 heterocycles. The lowest BCUT2D eigenvalue weighted by Gasteiger charge is -2.38. The van der Waals surface area contributed by atoms with E-state index in [1.54, 1.807) is 24.3 Å². The van der Waals surface area contributed by atoms with Gasteiger partial charge in [0.25, 0.3) is 0 Å². The van der Waals surface area contributed by atoms with Crippen LogP contribution in [0.25, 0.3) is 0 Å². The van der Waals surface area contributed by atoms with Gasteiger partial charge in [-0.25, -0.2) is 0 Å². The van der Waals surface area contributed by atoms with Crippen LogP contribution < -0.4 is 5.32 Å². The van der Waals surface area contributed by atoms with Crippen molar-refractivity contribution in [2.45, 2.75) is 45.9 Å². The van der Waals surface area contributed by atoms with Crippen molar-refractivity contribution in [3.8, 4) is 0 Å². The Morgan fingerprint density at radius 3 is 2.23 bits per heavy atom. The smallest absolute Gasteiger partial charge is 0.241 e. The van der Waals surface area contributed by atoms with Crippen molar-refractivity contribution in [2.24, 2.45) is 0 Å². The zero-order chi connectivity index (χ0) is 16.3. The largest absolute Gasteiger partial charge is 0.373 e. The Morgan fingerprint density at radius 1 is 1.18 bits per heavy atom. The van der Waals surface area contributed by atoms with Gasteiger partial charge in [0.1, 0.15) is 0 Å². The van der Waals surface area contributed by atoms with Gasteiger partial charge in [-0.2, -0.15) is 0 Å². The third kappa shape index (κ3) is 4.15. The lowest BCUT2D eigenvalue weighted by Crippen LogP contribution is -2.52. The molecule has 0 saturated carbocycles. The number of morpholine rings is 1. The molecule has 0 bridgehead atoms. The Labute approximate surface area is 131 Å². The molecule has 1 N–H and O–H groups in total. The minimum atomic E-state index is -0.221. The highest BCUT2D eigenvalue weighted by atomic mass is 16.5. The van der Waals surface area contributed by atoms with Crippen LogP contribution in [0, 0.1) is 0 Å². The van der Waals surface area contributed by atoms with Gasteiger partial charge in [0.05, 0.1) is 18.2 Å². The van der Waals surface area contributed by atoms with Crippen molar-refractivity contribution in [2.75, 3.05) is 18.4 Å². The molecule has 0 aliphatic carbocycles. The lowest BCUT2D eigenvalue weighted by molar-refractivity contribution is -0.126. The Morgan fingerprint density at radius 2 is 1.73 bits per heavy atom. The molecule has 1 saturated heterocycles. The summed E-state index contributed by atoms with van der Waals surface area (Å²) in [5.41, 5.74) is 1.35. The van der Waals surface area contributed by atoms with E-state index in [-0.39, 0.29) is 29.9 Å². The first-order valence-electron chi connectivity index (χ1n) is 7.68. The molecule has 0 aromatic heterocycles. The molecule has 120 valence electrons. The van der Waals surface area contributed by atoms with Crippen LogP contribution in [-0.4, -0.2) is 47.9 Å². The molecular formula is C17H24N2O3. The number of amides is 1. The fourth-order valence-electron chi connectivity index (χ4n) is 2.73. The van der Waals surface area contributed by atoms with Gasteiger partial charge in [0, 0.05) is 24.3 Å². The van der Waals surface area contributed by atoms with E-state index < -0.39 is 0 Å². The van der Waals surface area contributed by atoms with Gasteiger partial charge in [0.15, 0.2) is 5.78 Å². The van der Waals surface area contributed by atoms with Crippen molar-refractivity contribution in [3.05, 3.63) is 29.8 Å². The van der Waals surface area contributed by atoms with E-state index in [1.807, 2.05) is 20.8 Å². The van der Waals surface area contributed by atoms with E-state index in [2.05, 4.69) is 10.2 Å². The first-order chi connectivity index (χ1) is 10.4. The molecule has 0 spiro atoms. The van der Waals surface area contributed by atoms with Crippen molar-refractivity contribution in [1.82, 2.24) is 4.90 Å². The Hall–Kier alpha value is -1.72. The topological polar surface area (TPSA) is 58.6 Å². The third-order valence-corrected chi connectivity index (χ3v) is 3.93. The number of Topliss-reactive ketones (excluding diaryl/α,β-unsaturated/α-hetero) is 1. The van der Waals surface area contributed by atoms with Crippen LogP contribution in [0.4, 0.5) is 5.69 Å². The molecule has 22 heavy (non-hydrogen) atoms. The number of carbonyl (C=O) groups is 2. The molecule has 3 atom stereocenters. The molecular weight excluding hydrogens is 280 g/mol. The normalized spacial score (nSPS) is 23.8. The van der Waals surface area contributed by atoms with E-state index in [1.165, 1.54) is 6.92 Å². The number of ketones is 1. The molecule has 0 unspecified atom stereocenters. The summed E-state index contributed by atoms with van der Waals surface area (Å²) in [6.45, 7) is 8.98. The number of ether oxygens (including phenoxy) is 1. The summed E-state index contributed by atoms with van der Waals surface area (Å²) in [7, 11) is 0. The summed E-state index contributed by atoms with van der Waals surface area (Å²) in [5.74, 6) is -0.0283. The Balaban J connectivity index is 1.97. The van der Waals surface area contributed by atoms with Crippen LogP contribution in [0.2, 0.25) is 0 Å². The minimum Gasteiger partial charge on any atom is -0.373 e. The monoisotopic (exact) mass is 304 g/mol. The van der Waals surface area contributed by atoms with Crippen LogP contribution in [0.3, 0.4) is 0 Å². The number of nitrogens with one attached hydrogen (secondary N) is 1. The highest BCUT2D eigenvalue weighted by molar-refractivity contribution is 5.96. The SMILES string of the molecule is CC(=O)c1ccc(NC(=O)[C@H](C)N2C[C@@H](C)O[C@@H](C)C2)cc1. The van der Waals surface area contributed by atoms with Crippen molar-refractivity contribution < 1.29 is 14.3 Å². The number of benzene rings is 1. The van der Waals surface area contributed by atoms with Gasteiger partial charge >= 0.3 is 0 Å². The zero-order valence-electron chi connectivity index (χ0n) is 13.6. The quantitative estimate of drug-likeness (QED) is 0.867. The van der Waals surface area contributed by atoms with Crippen LogP contribution >= 0.6 is 0 Å². The molecule has 5 nitrogen and oxygen atoms in total. The second-order valence-corrected chi connectivity index (χ2v) is 6.01. The first kappa shape index (κ1) is 16.6. The van der Waals surface area contributed by atoms with Gasteiger partial charge in [0.2, 0.25) is 5.91 Å². The molecule has 0 radical (unpaired) electrons. The summed E-state index contributed by atoms with van der Waals surface area (Å²) in [6.07, 6.45) is 0.266. The molecule has 1 aromatic carbocycles. The lowest BCUT2D eigenvalue weighted by atomic mass is 10.1. The van der Waals surface area contributed by atoms with Crippen LogP contribution in [-0.2, 0) is 9.53 Å². The Kier molecular flexibility index (Phi) is 5.32. The number of carbonyl (C=O) groups excluding carboxylic acids is 2. The number of anilines is 1. The number of hydrogen-bond donors (Lipinski definition) is 1. The highest BCUT2D eigenvalue weighted by Crippen LogP contribution is 2.16. The van der Waals surface area contributed by atoms with Crippen molar-refractivity contribution in [3.63, 3.8) is 0 Å². The molecule has 1 aliphatic heterocycles. The molecule has 1 aliphatic rings. The van der Waals surface area contributed by atoms with E-state index in [4.69, 9.17) is 4.74 Å². The van der Waals surface area contributed by atoms with Crippen LogP contribution in [0.15, 0.2) is 24.3 Å². The maximum absolute atomic E-state index is 12.4. The van der Waals surface area contributed by atoms with E-state index in [0.717, 1.165) is 13.1 Å². The van der Waals surface area contributed by atoms with E-state index >= 15 is 0 Å². The fourth-order valence-corrected chi connectivity index (χ4v) is 2.73. The molecule has 2 rings (SSSR count). The average molecular weight is 304 g/mol. The van der Waals surface area contributed by atoms with Crippen LogP contribution in [0.1, 0.15) is 38.1 Å². The maximum atomic E-state index is 12.4. The Bertz CT molecular complexity index is 531. The number of rotatable bonds is 4. The average Bonchev–Trinajstić information content (AvgIpc) is 2.46. The standard InChI is InChI=1S/C17H24N2O3/c1-11-9-19(10-12(2)22-11)13(3)17(21)18-16-7-5-15(6-8-16)14(4)20/h5-8,11-13H,9-10H2,1-4H3,(H,18,21)/t11-,12+,13-/m0/s1. The number of nitrogens with zero attached hydrogens (tertiary/aromatic N) is 1. The van der Waals surface area contributed by atoms with Crippen LogP contribution in [0.5, 0.6) is 0 Å². The molecule has 1 amide bonds. The zero-order valence-corrected chi connectivity index (χ0v) is 13.6. The highest BCUT2D eigenvalue weighted by Gasteiger charge is 2.29. The van der Waals surface area contributed by atoms with Gasteiger partial charge in [-0.3, -0.25) is 14.5 Å². The van der Waals surface area contributed by atoms with E-state index in [9.17, 15) is 9.59 Å². The van der Waals surface area contributed by atoms with Crippen molar-refractivity contribution in [1.29, 1.82) is 0 Å². The predicted molar refractivity (Wildman–Crippen MR) is 86.1 cm³/mol. The van der Waals surface area contributed by atoms with Crippen molar-refractivity contribution >= 4 is 17.4 Å².